The Hall–Kier alpha value is -4.08. The highest BCUT2D eigenvalue weighted by Gasteiger charge is 2.27. The molecule has 0 fully saturated rings. The number of halogens is 1. The maximum atomic E-state index is 13.5. The molecule has 0 aliphatic heterocycles. The fourth-order valence-corrected chi connectivity index (χ4v) is 5.97. The number of benzene rings is 3. The summed E-state index contributed by atoms with van der Waals surface area (Å²) < 4.78 is 35.3. The molecule has 0 saturated heterocycles. The normalized spacial score (nSPS) is 11.5. The molecule has 0 spiro atoms. The number of aryl methyl sites for hydroxylation is 2. The minimum absolute atomic E-state index is 0.0388. The lowest BCUT2D eigenvalue weighted by atomic mass is 10.2. The van der Waals surface area contributed by atoms with Crippen molar-refractivity contribution in [3.05, 3.63) is 106 Å². The summed E-state index contributed by atoms with van der Waals surface area (Å²) in [5, 5.41) is 4.33. The SMILES string of the molecule is COc1ccc(N(CC(=O)N/N=C\c2cc(C)n(-c3ccccc3C)c2C)S(=O)(=O)c2ccccc2)cc1Cl. The van der Waals surface area contributed by atoms with Gasteiger partial charge in [0.15, 0.2) is 0 Å². The van der Waals surface area contributed by atoms with Crippen LogP contribution in [-0.2, 0) is 14.8 Å². The zero-order valence-corrected chi connectivity index (χ0v) is 23.6. The number of sulfonamides is 1. The molecule has 0 unspecified atom stereocenters. The first-order valence-electron chi connectivity index (χ1n) is 12.1. The van der Waals surface area contributed by atoms with Crippen LogP contribution < -0.4 is 14.5 Å². The van der Waals surface area contributed by atoms with E-state index in [9.17, 15) is 13.2 Å². The number of aromatic nitrogens is 1. The fraction of sp³-hybridized carbons (Fsp3) is 0.172. The molecule has 1 amide bonds. The second-order valence-corrected chi connectivity index (χ2v) is 11.2. The van der Waals surface area contributed by atoms with Gasteiger partial charge in [0.05, 0.1) is 28.9 Å². The van der Waals surface area contributed by atoms with Crippen LogP contribution in [0.3, 0.4) is 0 Å². The van der Waals surface area contributed by atoms with Crippen molar-refractivity contribution in [1.29, 1.82) is 0 Å². The summed E-state index contributed by atoms with van der Waals surface area (Å²) in [6, 6.07) is 22.4. The third-order valence-corrected chi connectivity index (χ3v) is 8.34. The van der Waals surface area contributed by atoms with E-state index >= 15 is 0 Å². The lowest BCUT2D eigenvalue weighted by Gasteiger charge is -2.24. The molecule has 0 saturated carbocycles. The van der Waals surface area contributed by atoms with E-state index in [2.05, 4.69) is 15.1 Å². The molecule has 10 heteroatoms. The van der Waals surface area contributed by atoms with E-state index in [1.807, 2.05) is 51.1 Å². The van der Waals surface area contributed by atoms with Gasteiger partial charge in [0, 0.05) is 22.6 Å². The summed E-state index contributed by atoms with van der Waals surface area (Å²) in [6.07, 6.45) is 1.55. The maximum absolute atomic E-state index is 13.5. The summed E-state index contributed by atoms with van der Waals surface area (Å²) in [5.41, 5.74) is 7.67. The Morgan fingerprint density at radius 1 is 1.03 bits per heavy atom. The van der Waals surface area contributed by atoms with E-state index in [-0.39, 0.29) is 15.6 Å². The van der Waals surface area contributed by atoms with Crippen LogP contribution in [0.4, 0.5) is 5.69 Å². The van der Waals surface area contributed by atoms with Crippen molar-refractivity contribution in [2.24, 2.45) is 5.10 Å². The molecule has 1 aromatic heterocycles. The number of carbonyl (C=O) groups excluding carboxylic acids is 1. The predicted octanol–water partition coefficient (Wildman–Crippen LogP) is 5.41. The number of methoxy groups -OCH3 is 1. The quantitative estimate of drug-likeness (QED) is 0.217. The van der Waals surface area contributed by atoms with Crippen molar-refractivity contribution in [1.82, 2.24) is 9.99 Å². The second kappa shape index (κ2) is 11.8. The number of hydrogen-bond acceptors (Lipinski definition) is 5. The molecule has 4 rings (SSSR count). The monoisotopic (exact) mass is 564 g/mol. The molecule has 0 atom stereocenters. The molecular formula is C29H29ClN4O4S. The van der Waals surface area contributed by atoms with Crippen LogP contribution >= 0.6 is 11.6 Å². The number of carbonyl (C=O) groups is 1. The number of hydrogen-bond donors (Lipinski definition) is 1. The van der Waals surface area contributed by atoms with Gasteiger partial charge in [0.2, 0.25) is 0 Å². The van der Waals surface area contributed by atoms with Gasteiger partial charge in [-0.15, -0.1) is 0 Å². The first-order chi connectivity index (χ1) is 18.6. The van der Waals surface area contributed by atoms with E-state index in [0.717, 1.165) is 32.5 Å². The van der Waals surface area contributed by atoms with Gasteiger partial charge < -0.3 is 9.30 Å². The van der Waals surface area contributed by atoms with Gasteiger partial charge in [0.1, 0.15) is 12.3 Å². The highest BCUT2D eigenvalue weighted by atomic mass is 35.5. The minimum Gasteiger partial charge on any atom is -0.495 e. The first-order valence-corrected chi connectivity index (χ1v) is 13.9. The van der Waals surface area contributed by atoms with E-state index in [0.29, 0.717) is 5.75 Å². The Balaban J connectivity index is 1.58. The summed E-state index contributed by atoms with van der Waals surface area (Å²) in [7, 11) is -2.63. The van der Waals surface area contributed by atoms with Gasteiger partial charge in [-0.2, -0.15) is 5.10 Å². The number of ether oxygens (including phenoxy) is 1. The van der Waals surface area contributed by atoms with Crippen LogP contribution in [0, 0.1) is 20.8 Å². The topological polar surface area (TPSA) is 93.0 Å². The molecule has 0 bridgehead atoms. The summed E-state index contributed by atoms with van der Waals surface area (Å²) in [5.74, 6) is -0.236. The molecular weight excluding hydrogens is 536 g/mol. The summed E-state index contributed by atoms with van der Waals surface area (Å²) in [6.45, 7) is 5.51. The van der Waals surface area contributed by atoms with Crippen molar-refractivity contribution in [3.63, 3.8) is 0 Å². The van der Waals surface area contributed by atoms with Gasteiger partial charge in [-0.3, -0.25) is 9.10 Å². The van der Waals surface area contributed by atoms with Crippen molar-refractivity contribution < 1.29 is 17.9 Å². The minimum atomic E-state index is -4.09. The van der Waals surface area contributed by atoms with Crippen LogP contribution in [0.25, 0.3) is 5.69 Å². The average Bonchev–Trinajstić information content (AvgIpc) is 3.20. The van der Waals surface area contributed by atoms with Gasteiger partial charge >= 0.3 is 0 Å². The van der Waals surface area contributed by atoms with Crippen molar-refractivity contribution in [2.45, 2.75) is 25.7 Å². The average molecular weight is 565 g/mol. The zero-order chi connectivity index (χ0) is 28.2. The Bertz CT molecular complexity index is 1630. The van der Waals surface area contributed by atoms with Crippen LogP contribution in [0.1, 0.15) is 22.5 Å². The highest BCUT2D eigenvalue weighted by Crippen LogP contribution is 2.32. The van der Waals surface area contributed by atoms with Gasteiger partial charge in [-0.25, -0.2) is 13.8 Å². The molecule has 202 valence electrons. The smallest absolute Gasteiger partial charge is 0.264 e. The summed E-state index contributed by atoms with van der Waals surface area (Å²) in [4.78, 5) is 13.0. The van der Waals surface area contributed by atoms with Gasteiger partial charge in [-0.1, -0.05) is 48.0 Å². The third kappa shape index (κ3) is 6.00. The molecule has 1 heterocycles. The molecule has 1 N–H and O–H groups in total. The van der Waals surface area contributed by atoms with Crippen LogP contribution in [0.5, 0.6) is 5.75 Å². The number of nitrogens with one attached hydrogen (secondary N) is 1. The molecule has 8 nitrogen and oxygen atoms in total. The highest BCUT2D eigenvalue weighted by molar-refractivity contribution is 7.92. The van der Waals surface area contributed by atoms with E-state index in [1.165, 1.54) is 31.4 Å². The van der Waals surface area contributed by atoms with Crippen molar-refractivity contribution in [3.8, 4) is 11.4 Å². The standard InChI is InChI=1S/C29H29ClN4O4S/c1-20-10-8-9-13-27(20)34-21(2)16-23(22(34)3)18-31-32-29(35)19-33(24-14-15-28(38-4)26(30)17-24)39(36,37)25-11-6-5-7-12-25/h5-18H,19H2,1-4H3,(H,32,35)/b31-18-. The number of amides is 1. The molecule has 39 heavy (non-hydrogen) atoms. The van der Waals surface area contributed by atoms with Gasteiger partial charge in [-0.05, 0) is 68.8 Å². The van der Waals surface area contributed by atoms with Crippen LogP contribution in [-0.4, -0.2) is 38.8 Å². The van der Waals surface area contributed by atoms with E-state index in [4.69, 9.17) is 16.3 Å². The second-order valence-electron chi connectivity index (χ2n) is 8.89. The van der Waals surface area contributed by atoms with Crippen molar-refractivity contribution in [2.75, 3.05) is 18.0 Å². The fourth-order valence-electron chi connectivity index (χ4n) is 4.29. The Labute approximate surface area is 233 Å². The first kappa shape index (κ1) is 27.9. The van der Waals surface area contributed by atoms with E-state index < -0.39 is 22.5 Å². The molecule has 0 radical (unpaired) electrons. The Morgan fingerprint density at radius 2 is 1.72 bits per heavy atom. The number of rotatable bonds is 9. The third-order valence-electron chi connectivity index (χ3n) is 6.26. The number of hydrazone groups is 1. The lowest BCUT2D eigenvalue weighted by molar-refractivity contribution is -0.119. The van der Waals surface area contributed by atoms with Crippen LogP contribution in [0.2, 0.25) is 5.02 Å². The van der Waals surface area contributed by atoms with E-state index in [1.54, 1.807) is 30.5 Å². The Morgan fingerprint density at radius 3 is 2.38 bits per heavy atom. The number of anilines is 1. The largest absolute Gasteiger partial charge is 0.495 e. The zero-order valence-electron chi connectivity index (χ0n) is 22.1. The molecule has 0 aliphatic carbocycles. The number of nitrogens with zero attached hydrogens (tertiary/aromatic N) is 3. The lowest BCUT2D eigenvalue weighted by Crippen LogP contribution is -2.39. The summed E-state index contributed by atoms with van der Waals surface area (Å²) >= 11 is 6.27. The van der Waals surface area contributed by atoms with Gasteiger partial charge in [0.25, 0.3) is 15.9 Å². The number of para-hydroxylation sites is 1. The molecule has 0 aliphatic rings. The maximum Gasteiger partial charge on any atom is 0.264 e. The molecule has 4 aromatic rings. The molecule has 3 aromatic carbocycles. The predicted molar refractivity (Wildman–Crippen MR) is 155 cm³/mol. The Kier molecular flexibility index (Phi) is 8.42. The van der Waals surface area contributed by atoms with Crippen molar-refractivity contribution >= 4 is 39.4 Å². The van der Waals surface area contributed by atoms with Crippen LogP contribution in [0.15, 0.2) is 88.9 Å².